The highest BCUT2D eigenvalue weighted by molar-refractivity contribution is 6.35. The minimum Gasteiger partial charge on any atom is -0.310 e. The average molecular weight is 945 g/mol. The van der Waals surface area contributed by atoms with Crippen LogP contribution in [0, 0.1) is 27.7 Å². The molecule has 14 aromatic rings. The van der Waals surface area contributed by atoms with Crippen molar-refractivity contribution in [1.82, 2.24) is 0 Å². The second-order valence-electron chi connectivity index (χ2n) is 20.4. The van der Waals surface area contributed by atoms with E-state index in [0.29, 0.717) is 0 Å². The van der Waals surface area contributed by atoms with E-state index in [0.717, 1.165) is 34.1 Å². The lowest BCUT2D eigenvalue weighted by Gasteiger charge is -2.31. The van der Waals surface area contributed by atoms with Crippen LogP contribution in [0.3, 0.4) is 0 Å². The summed E-state index contributed by atoms with van der Waals surface area (Å²) in [6.45, 7) is 8.69. The van der Waals surface area contributed by atoms with E-state index in [-0.39, 0.29) is 0 Å². The lowest BCUT2D eigenvalue weighted by atomic mass is 9.82. The molecule has 0 aromatic heterocycles. The maximum Gasteiger partial charge on any atom is 0.0546 e. The molecule has 0 saturated carbocycles. The van der Waals surface area contributed by atoms with Crippen LogP contribution in [0.4, 0.5) is 34.1 Å². The molecule has 2 nitrogen and oxygen atoms in total. The second-order valence-corrected chi connectivity index (χ2v) is 20.4. The number of aryl methyl sites for hydroxylation is 4. The topological polar surface area (TPSA) is 6.48 Å². The normalized spacial score (nSPS) is 11.8. The van der Waals surface area contributed by atoms with Crippen LogP contribution in [0.25, 0.3) is 97.7 Å². The molecular weight excluding hydrogens is 893 g/mol. The largest absolute Gasteiger partial charge is 0.310 e. The zero-order chi connectivity index (χ0) is 49.6. The van der Waals surface area contributed by atoms with E-state index in [1.54, 1.807) is 0 Å². The summed E-state index contributed by atoms with van der Waals surface area (Å²) in [6, 6.07) is 91.4. The van der Waals surface area contributed by atoms with Gasteiger partial charge in [-0.2, -0.15) is 0 Å². The molecule has 74 heavy (non-hydrogen) atoms. The first kappa shape index (κ1) is 43.5. The third kappa shape index (κ3) is 7.01. The molecule has 0 saturated heterocycles. The average Bonchev–Trinajstić information content (AvgIpc) is 3.44. The molecule has 0 bridgehead atoms. The Morgan fingerprint density at radius 1 is 0.230 bits per heavy atom. The number of anilines is 6. The maximum atomic E-state index is 2.50. The van der Waals surface area contributed by atoms with Crippen molar-refractivity contribution in [1.29, 1.82) is 0 Å². The standard InChI is InChI=1S/C72H52N2/c1-45-21-29-53(30-22-45)73(54-31-23-46(2)24-32-54)67-43-65(69-57-17-9-5-13-49(57)41-50-14-6-10-18-58(50)69)61-38-40-64-68(74(55-33-25-47(3)26-34-55)56-35-27-48(4)28-36-56)44-66(62-37-39-63(67)71(61)72(62)64)70-59-19-11-7-15-51(59)42-52-16-8-12-20-60(52)70/h5-44H,1-4H3. The van der Waals surface area contributed by atoms with Crippen molar-refractivity contribution in [3.63, 3.8) is 0 Å². The Balaban J connectivity index is 1.22. The summed E-state index contributed by atoms with van der Waals surface area (Å²) in [4.78, 5) is 4.99. The number of benzene rings is 14. The van der Waals surface area contributed by atoms with Gasteiger partial charge in [0.1, 0.15) is 0 Å². The molecule has 0 aliphatic rings. The van der Waals surface area contributed by atoms with Crippen LogP contribution in [0.15, 0.2) is 243 Å². The van der Waals surface area contributed by atoms with Crippen LogP contribution in [-0.2, 0) is 0 Å². The van der Waals surface area contributed by atoms with E-state index < -0.39 is 0 Å². The summed E-state index contributed by atoms with van der Waals surface area (Å²) in [5.41, 5.74) is 16.5. The van der Waals surface area contributed by atoms with Gasteiger partial charge in [0, 0.05) is 44.3 Å². The molecule has 0 unspecified atom stereocenters. The molecule has 350 valence electrons. The quantitative estimate of drug-likeness (QED) is 0.111. The summed E-state index contributed by atoms with van der Waals surface area (Å²) < 4.78 is 0. The predicted octanol–water partition coefficient (Wildman–Crippen LogP) is 20.7. The Kier molecular flexibility index (Phi) is 10.1. The molecular formula is C72H52N2. The van der Waals surface area contributed by atoms with Crippen LogP contribution in [-0.4, -0.2) is 0 Å². The smallest absolute Gasteiger partial charge is 0.0546 e. The van der Waals surface area contributed by atoms with Gasteiger partial charge in [0.05, 0.1) is 11.4 Å². The number of rotatable bonds is 8. The predicted molar refractivity (Wildman–Crippen MR) is 319 cm³/mol. The van der Waals surface area contributed by atoms with Crippen LogP contribution in [0.2, 0.25) is 0 Å². The third-order valence-corrected chi connectivity index (χ3v) is 15.6. The lowest BCUT2D eigenvalue weighted by molar-refractivity contribution is 1.28. The molecule has 0 heterocycles. The van der Waals surface area contributed by atoms with E-state index in [4.69, 9.17) is 0 Å². The number of fused-ring (bicyclic) bond motifs is 4. The molecule has 0 spiro atoms. The monoisotopic (exact) mass is 944 g/mol. The first-order valence-electron chi connectivity index (χ1n) is 25.8. The van der Waals surface area contributed by atoms with Crippen molar-refractivity contribution in [2.75, 3.05) is 9.80 Å². The van der Waals surface area contributed by atoms with Gasteiger partial charge < -0.3 is 9.80 Å². The molecule has 14 aromatic carbocycles. The lowest BCUT2D eigenvalue weighted by Crippen LogP contribution is -2.12. The van der Waals surface area contributed by atoms with Crippen LogP contribution >= 0.6 is 0 Å². The van der Waals surface area contributed by atoms with Crippen molar-refractivity contribution >= 4 is 110 Å². The van der Waals surface area contributed by atoms with Crippen molar-refractivity contribution in [2.45, 2.75) is 27.7 Å². The first-order chi connectivity index (χ1) is 36.3. The van der Waals surface area contributed by atoms with E-state index >= 15 is 0 Å². The summed E-state index contributed by atoms with van der Waals surface area (Å²) >= 11 is 0. The fourth-order valence-corrected chi connectivity index (χ4v) is 12.0. The zero-order valence-electron chi connectivity index (χ0n) is 42.0. The second kappa shape index (κ2) is 17.2. The zero-order valence-corrected chi connectivity index (χ0v) is 42.0. The molecule has 2 heteroatoms. The van der Waals surface area contributed by atoms with Crippen molar-refractivity contribution in [3.05, 3.63) is 265 Å². The SMILES string of the molecule is Cc1ccc(N(c2ccc(C)cc2)c2cc(-c3c4ccccc4cc4ccccc34)c3ccc4c(N(c5ccc(C)cc5)c5ccc(C)cc5)cc(-c5c6ccccc6cc6ccccc56)c5ccc2c3c54)cc1. The highest BCUT2D eigenvalue weighted by Gasteiger charge is 2.28. The summed E-state index contributed by atoms with van der Waals surface area (Å²) in [5, 5.41) is 17.1. The fourth-order valence-electron chi connectivity index (χ4n) is 12.0. The Morgan fingerprint density at radius 3 is 0.770 bits per heavy atom. The van der Waals surface area contributed by atoms with E-state index in [9.17, 15) is 0 Å². The third-order valence-electron chi connectivity index (χ3n) is 15.6. The fraction of sp³-hybridized carbons (Fsp3) is 0.0556. The number of hydrogen-bond acceptors (Lipinski definition) is 2. The van der Waals surface area contributed by atoms with Gasteiger partial charge in [0.2, 0.25) is 0 Å². The molecule has 0 amide bonds. The Bertz CT molecular complexity index is 4000. The molecule has 14 rings (SSSR count). The van der Waals surface area contributed by atoms with E-state index in [1.165, 1.54) is 120 Å². The molecule has 0 fully saturated rings. The Hall–Kier alpha value is -9.24. The number of nitrogens with zero attached hydrogens (tertiary/aromatic N) is 2. The molecule has 0 atom stereocenters. The van der Waals surface area contributed by atoms with Crippen LogP contribution in [0.5, 0.6) is 0 Å². The van der Waals surface area contributed by atoms with E-state index in [1.807, 2.05) is 0 Å². The van der Waals surface area contributed by atoms with Gasteiger partial charge in [-0.15, -0.1) is 0 Å². The number of hydrogen-bond donors (Lipinski definition) is 0. The summed E-state index contributed by atoms with van der Waals surface area (Å²) in [6.07, 6.45) is 0. The molecule has 0 radical (unpaired) electrons. The van der Waals surface area contributed by atoms with E-state index in [2.05, 4.69) is 280 Å². The van der Waals surface area contributed by atoms with Crippen molar-refractivity contribution in [3.8, 4) is 22.3 Å². The minimum atomic E-state index is 1.11. The van der Waals surface area contributed by atoms with Crippen LogP contribution in [0.1, 0.15) is 22.3 Å². The van der Waals surface area contributed by atoms with Crippen LogP contribution < -0.4 is 9.80 Å². The van der Waals surface area contributed by atoms with Gasteiger partial charge in [-0.1, -0.05) is 192 Å². The van der Waals surface area contributed by atoms with Gasteiger partial charge in [-0.05, 0) is 177 Å². The minimum absolute atomic E-state index is 1.11. The van der Waals surface area contributed by atoms with Crippen molar-refractivity contribution < 1.29 is 0 Å². The highest BCUT2D eigenvalue weighted by Crippen LogP contribution is 2.54. The van der Waals surface area contributed by atoms with Crippen molar-refractivity contribution in [2.24, 2.45) is 0 Å². The molecule has 0 aliphatic heterocycles. The first-order valence-corrected chi connectivity index (χ1v) is 25.8. The Labute approximate surface area is 432 Å². The molecule has 0 aliphatic carbocycles. The highest BCUT2D eigenvalue weighted by atomic mass is 15.1. The van der Waals surface area contributed by atoms with Gasteiger partial charge in [-0.3, -0.25) is 0 Å². The Morgan fingerprint density at radius 2 is 0.486 bits per heavy atom. The maximum absolute atomic E-state index is 2.50. The van der Waals surface area contributed by atoms with Gasteiger partial charge in [0.25, 0.3) is 0 Å². The van der Waals surface area contributed by atoms with Gasteiger partial charge in [0.15, 0.2) is 0 Å². The summed E-state index contributed by atoms with van der Waals surface area (Å²) in [7, 11) is 0. The van der Waals surface area contributed by atoms with Gasteiger partial charge in [-0.25, -0.2) is 0 Å². The van der Waals surface area contributed by atoms with Gasteiger partial charge >= 0.3 is 0 Å². The summed E-state index contributed by atoms with van der Waals surface area (Å²) in [5.74, 6) is 0. The molecule has 0 N–H and O–H groups in total.